The zero-order valence-electron chi connectivity index (χ0n) is 16.5. The molecular formula is C22H19ClN2O6. The number of rotatable bonds is 2. The van der Waals surface area contributed by atoms with E-state index in [1.165, 1.54) is 28.1 Å². The Bertz CT molecular complexity index is 1150. The third kappa shape index (κ3) is 3.12. The zero-order chi connectivity index (χ0) is 21.8. The van der Waals surface area contributed by atoms with Crippen LogP contribution in [0.25, 0.3) is 0 Å². The predicted octanol–water partition coefficient (Wildman–Crippen LogP) is -0.833. The Kier molecular flexibility index (Phi) is 4.58. The van der Waals surface area contributed by atoms with Crippen LogP contribution in [0.2, 0.25) is 0 Å². The lowest BCUT2D eigenvalue weighted by Gasteiger charge is -2.49. The molecule has 9 heteroatoms. The predicted molar refractivity (Wildman–Crippen MR) is 94.8 cm³/mol. The highest BCUT2D eigenvalue weighted by Gasteiger charge is 2.60. The van der Waals surface area contributed by atoms with Gasteiger partial charge in [-0.25, -0.2) is 27.8 Å². The molecule has 3 aromatic heterocycles. The quantitative estimate of drug-likeness (QED) is 0.373. The number of hydrogen-bond acceptors (Lipinski definition) is 6. The van der Waals surface area contributed by atoms with Crippen LogP contribution in [-0.2, 0) is 12.5 Å². The van der Waals surface area contributed by atoms with Gasteiger partial charge in [0.05, 0.1) is 32.1 Å². The molecule has 31 heavy (non-hydrogen) atoms. The molecule has 4 aromatic rings. The maximum atomic E-state index is 8.49. The summed E-state index contributed by atoms with van der Waals surface area (Å²) in [7, 11) is -2.80. The fourth-order valence-electron chi connectivity index (χ4n) is 5.38. The van der Waals surface area contributed by atoms with Crippen molar-refractivity contribution in [2.75, 3.05) is 0 Å². The number of benzene rings is 1. The molecule has 0 N–H and O–H groups in total. The molecule has 0 saturated heterocycles. The molecule has 7 rings (SSSR count). The average Bonchev–Trinajstić information content (AvgIpc) is 3.49. The molecule has 2 atom stereocenters. The van der Waals surface area contributed by atoms with E-state index in [9.17, 15) is 0 Å². The fourth-order valence-corrected chi connectivity index (χ4v) is 5.38. The molecule has 3 aliphatic rings. The van der Waals surface area contributed by atoms with E-state index >= 15 is 0 Å². The van der Waals surface area contributed by atoms with Gasteiger partial charge in [-0.3, -0.25) is 0 Å². The van der Waals surface area contributed by atoms with Crippen LogP contribution in [0.4, 0.5) is 0 Å². The number of halogens is 1. The van der Waals surface area contributed by atoms with E-state index in [2.05, 4.69) is 65.0 Å². The van der Waals surface area contributed by atoms with Gasteiger partial charge in [0.2, 0.25) is 0 Å². The Morgan fingerprint density at radius 1 is 0.968 bits per heavy atom. The molecule has 2 unspecified atom stereocenters. The summed E-state index contributed by atoms with van der Waals surface area (Å²) in [6, 6.07) is 13.4. The summed E-state index contributed by atoms with van der Waals surface area (Å²) in [5.74, 6) is 1.54. The van der Waals surface area contributed by atoms with Gasteiger partial charge in [0.15, 0.2) is 0 Å². The van der Waals surface area contributed by atoms with E-state index in [0.717, 1.165) is 6.42 Å². The first-order valence-corrected chi connectivity index (χ1v) is 10.9. The molecular weight excluding hydrogens is 424 g/mol. The number of furan rings is 2. The first kappa shape index (κ1) is 20.0. The molecule has 0 fully saturated rings. The van der Waals surface area contributed by atoms with Crippen LogP contribution >= 0.6 is 0 Å². The van der Waals surface area contributed by atoms with Gasteiger partial charge < -0.3 is 8.83 Å². The fraction of sp³-hybridized carbons (Fsp3) is 0.227. The van der Waals surface area contributed by atoms with Crippen molar-refractivity contribution in [3.05, 3.63) is 102 Å². The van der Waals surface area contributed by atoms with Gasteiger partial charge in [-0.15, -0.1) is 10.2 Å². The molecule has 0 amide bonds. The van der Waals surface area contributed by atoms with E-state index < -0.39 is 10.2 Å². The van der Waals surface area contributed by atoms with Gasteiger partial charge in [-0.1, -0.05) is 24.3 Å². The van der Waals surface area contributed by atoms with Crippen molar-refractivity contribution in [1.29, 1.82) is 0 Å². The number of aromatic nitrogens is 2. The number of nitrogens with zero attached hydrogens (tertiary/aromatic N) is 2. The Morgan fingerprint density at radius 3 is 2.10 bits per heavy atom. The summed E-state index contributed by atoms with van der Waals surface area (Å²) in [5, 5.41) is 0. The first-order chi connectivity index (χ1) is 14.8. The summed E-state index contributed by atoms with van der Waals surface area (Å²) in [6.45, 7) is 0. The lowest BCUT2D eigenvalue weighted by molar-refractivity contribution is -2.00. The van der Waals surface area contributed by atoms with Gasteiger partial charge in [0.1, 0.15) is 24.4 Å². The second-order valence-electron chi connectivity index (χ2n) is 7.83. The van der Waals surface area contributed by atoms with Crippen LogP contribution in [0.5, 0.6) is 0 Å². The van der Waals surface area contributed by atoms with Crippen LogP contribution in [-0.4, -0.2) is 4.57 Å². The van der Waals surface area contributed by atoms with E-state index in [-0.39, 0.29) is 11.3 Å². The third-order valence-electron chi connectivity index (χ3n) is 6.42. The first-order valence-electron chi connectivity index (χ1n) is 9.63. The topological polar surface area (TPSA) is 127 Å². The van der Waals surface area contributed by atoms with Crippen molar-refractivity contribution in [3.8, 4) is 0 Å². The Hall–Kier alpha value is -2.88. The number of imidazole rings is 1. The highest BCUT2D eigenvalue weighted by Crippen LogP contribution is 2.61. The van der Waals surface area contributed by atoms with Crippen LogP contribution in [0.1, 0.15) is 46.5 Å². The Morgan fingerprint density at radius 2 is 1.55 bits per heavy atom. The SMILES string of the molecule is C[n+]1ccn2c1C1c3ccccc3C2CC1(c1ccoc1)c1ccoc1.[O-][Cl+3]([O-])([O-])[O-]. The van der Waals surface area contributed by atoms with E-state index in [1.807, 2.05) is 12.5 Å². The molecule has 0 radical (unpaired) electrons. The number of fused-ring (bicyclic) bond motifs is 1. The third-order valence-corrected chi connectivity index (χ3v) is 6.42. The molecule has 8 nitrogen and oxygen atoms in total. The molecule has 2 bridgehead atoms. The lowest BCUT2D eigenvalue weighted by atomic mass is 9.55. The second-order valence-corrected chi connectivity index (χ2v) is 8.59. The summed E-state index contributed by atoms with van der Waals surface area (Å²) >= 11 is 0. The van der Waals surface area contributed by atoms with Crippen LogP contribution in [0, 0.1) is 10.2 Å². The maximum absolute atomic E-state index is 8.49. The summed E-state index contributed by atoms with van der Waals surface area (Å²) in [5.41, 5.74) is 5.09. The van der Waals surface area contributed by atoms with E-state index in [1.54, 1.807) is 12.5 Å². The van der Waals surface area contributed by atoms with Crippen molar-refractivity contribution in [2.45, 2.75) is 23.8 Å². The van der Waals surface area contributed by atoms with Crippen molar-refractivity contribution in [2.24, 2.45) is 7.05 Å². The van der Waals surface area contributed by atoms with E-state index in [4.69, 9.17) is 27.5 Å². The van der Waals surface area contributed by atoms with Crippen LogP contribution < -0.4 is 23.2 Å². The number of hydrogen-bond donors (Lipinski definition) is 0. The molecule has 0 spiro atoms. The smallest absolute Gasteiger partial charge is 0.265 e. The molecule has 0 saturated carbocycles. The summed E-state index contributed by atoms with van der Waals surface area (Å²) in [4.78, 5) is 0. The highest BCUT2D eigenvalue weighted by molar-refractivity contribution is 5.54. The second kappa shape index (κ2) is 7.08. The standard InChI is InChI=1S/C22H19N2O2.ClHO4/c1-23-8-9-24-19-12-22(15-6-10-25-13-15,16-7-11-26-14-16)20(21(23)24)18-5-3-2-4-17(18)19;2-1(3,4)5/h2-11,13-14,19-20H,12H2,1H3;(H,2,3,4,5)/q+1;/p-1. The summed E-state index contributed by atoms with van der Waals surface area (Å²) < 4.78 is 49.8. The van der Waals surface area contributed by atoms with Crippen molar-refractivity contribution >= 4 is 0 Å². The summed E-state index contributed by atoms with van der Waals surface area (Å²) in [6.07, 6.45) is 12.8. The van der Waals surface area contributed by atoms with Gasteiger partial charge in [0, 0.05) is 28.5 Å². The molecule has 2 aliphatic heterocycles. The zero-order valence-corrected chi connectivity index (χ0v) is 17.3. The van der Waals surface area contributed by atoms with Gasteiger partial charge >= 0.3 is 0 Å². The molecule has 1 aliphatic carbocycles. The molecule has 5 heterocycles. The van der Waals surface area contributed by atoms with Gasteiger partial charge in [-0.05, 0) is 17.7 Å². The van der Waals surface area contributed by atoms with Gasteiger partial charge in [0.25, 0.3) is 5.82 Å². The normalized spacial score (nSPS) is 20.5. The average molecular weight is 443 g/mol. The molecule has 160 valence electrons. The maximum Gasteiger partial charge on any atom is 0.265 e. The lowest BCUT2D eigenvalue weighted by Crippen LogP contribution is -2.68. The minimum absolute atomic E-state index is 0.189. The van der Waals surface area contributed by atoms with Crippen LogP contribution in [0.15, 0.2) is 82.7 Å². The Balaban J connectivity index is 0.000000371. The minimum atomic E-state index is -4.94. The van der Waals surface area contributed by atoms with Crippen molar-refractivity contribution < 1.29 is 42.3 Å². The van der Waals surface area contributed by atoms with Crippen molar-refractivity contribution in [1.82, 2.24) is 4.57 Å². The minimum Gasteiger partial charge on any atom is -0.472 e. The van der Waals surface area contributed by atoms with Crippen LogP contribution in [0.3, 0.4) is 0 Å². The highest BCUT2D eigenvalue weighted by atomic mass is 35.7. The number of aryl methyl sites for hydroxylation is 1. The monoisotopic (exact) mass is 442 g/mol. The Labute approximate surface area is 179 Å². The van der Waals surface area contributed by atoms with Crippen molar-refractivity contribution in [3.63, 3.8) is 0 Å². The van der Waals surface area contributed by atoms with Gasteiger partial charge in [-0.2, -0.15) is 0 Å². The molecule has 1 aromatic carbocycles. The largest absolute Gasteiger partial charge is 0.472 e. The van der Waals surface area contributed by atoms with E-state index in [0.29, 0.717) is 6.04 Å².